The van der Waals surface area contributed by atoms with Gasteiger partial charge in [0.2, 0.25) is 5.91 Å². The highest BCUT2D eigenvalue weighted by molar-refractivity contribution is 6.08. The van der Waals surface area contributed by atoms with Gasteiger partial charge in [0.05, 0.1) is 0 Å². The van der Waals surface area contributed by atoms with Crippen LogP contribution < -0.4 is 10.2 Å². The molecule has 1 aliphatic carbocycles. The Balaban J connectivity index is 1.51. The maximum atomic E-state index is 13.0. The smallest absolute Gasteiger partial charge is 0.258 e. The van der Waals surface area contributed by atoms with Gasteiger partial charge in [-0.05, 0) is 55.0 Å². The number of nitrogens with one attached hydrogen (secondary N) is 1. The lowest BCUT2D eigenvalue weighted by molar-refractivity contribution is -0.127. The van der Waals surface area contributed by atoms with Gasteiger partial charge in [0.15, 0.2) is 0 Å². The molecule has 1 saturated carbocycles. The summed E-state index contributed by atoms with van der Waals surface area (Å²) in [6.07, 6.45) is 4.05. The van der Waals surface area contributed by atoms with Crippen LogP contribution >= 0.6 is 0 Å². The summed E-state index contributed by atoms with van der Waals surface area (Å²) in [5, 5.41) is 3.03. The number of hydrogen-bond donors (Lipinski definition) is 1. The molecule has 0 spiro atoms. The Morgan fingerprint density at radius 1 is 1.15 bits per heavy atom. The molecule has 0 bridgehead atoms. The molecule has 1 N–H and O–H groups in total. The quantitative estimate of drug-likeness (QED) is 0.917. The van der Waals surface area contributed by atoms with Gasteiger partial charge >= 0.3 is 0 Å². The minimum atomic E-state index is 0.0532. The van der Waals surface area contributed by atoms with Gasteiger partial charge in [-0.3, -0.25) is 9.59 Å². The number of nitrogens with zero attached hydrogens (tertiary/aromatic N) is 1. The van der Waals surface area contributed by atoms with Gasteiger partial charge in [0.1, 0.15) is 0 Å². The van der Waals surface area contributed by atoms with Gasteiger partial charge in [-0.2, -0.15) is 0 Å². The first kappa shape index (κ1) is 16.8. The van der Waals surface area contributed by atoms with E-state index >= 15 is 0 Å². The van der Waals surface area contributed by atoms with E-state index in [9.17, 15) is 9.59 Å². The first-order valence-corrected chi connectivity index (χ1v) is 9.40. The monoisotopic (exact) mass is 348 g/mol. The number of carbonyl (C=O) groups is 2. The first-order valence-electron chi connectivity index (χ1n) is 9.40. The second-order valence-corrected chi connectivity index (χ2v) is 7.33. The van der Waals surface area contributed by atoms with Crippen molar-refractivity contribution in [2.45, 2.75) is 39.2 Å². The fourth-order valence-electron chi connectivity index (χ4n) is 3.71. The van der Waals surface area contributed by atoms with Gasteiger partial charge in [-0.15, -0.1) is 0 Å². The fraction of sp³-hybridized carbons (Fsp3) is 0.364. The Labute approximate surface area is 154 Å². The van der Waals surface area contributed by atoms with Crippen molar-refractivity contribution in [3.8, 4) is 0 Å². The molecule has 0 unspecified atom stereocenters. The minimum Gasteiger partial charge on any atom is -0.352 e. The first-order chi connectivity index (χ1) is 12.6. The Morgan fingerprint density at radius 2 is 1.96 bits per heavy atom. The number of fused-ring (bicyclic) bond motifs is 1. The molecule has 2 amide bonds. The van der Waals surface area contributed by atoms with Crippen LogP contribution in [0.3, 0.4) is 0 Å². The van der Waals surface area contributed by atoms with Crippen LogP contribution in [0.4, 0.5) is 5.69 Å². The van der Waals surface area contributed by atoms with Gasteiger partial charge in [-0.25, -0.2) is 0 Å². The summed E-state index contributed by atoms with van der Waals surface area (Å²) in [5.41, 5.74) is 4.97. The van der Waals surface area contributed by atoms with Crippen LogP contribution in [0, 0.1) is 12.8 Å². The van der Waals surface area contributed by atoms with Crippen LogP contribution in [0.15, 0.2) is 42.5 Å². The lowest BCUT2D eigenvalue weighted by Gasteiger charge is -2.24. The summed E-state index contributed by atoms with van der Waals surface area (Å²) >= 11 is 0. The Hall–Kier alpha value is -2.62. The molecule has 4 heteroatoms. The highest BCUT2D eigenvalue weighted by atomic mass is 16.2. The highest BCUT2D eigenvalue weighted by Gasteiger charge is 2.27. The predicted molar refractivity (Wildman–Crippen MR) is 102 cm³/mol. The van der Waals surface area contributed by atoms with Crippen LogP contribution in [0.25, 0.3) is 0 Å². The van der Waals surface area contributed by atoms with E-state index in [0.29, 0.717) is 13.1 Å². The topological polar surface area (TPSA) is 49.4 Å². The Morgan fingerprint density at radius 3 is 2.69 bits per heavy atom. The molecule has 2 aromatic carbocycles. The van der Waals surface area contributed by atoms with Crippen LogP contribution in [0.2, 0.25) is 0 Å². The Bertz CT molecular complexity index is 855. The number of anilines is 1. The molecule has 1 heterocycles. The van der Waals surface area contributed by atoms with Gasteiger partial charge in [0, 0.05) is 30.3 Å². The lowest BCUT2D eigenvalue weighted by atomic mass is 9.85. The Kier molecular flexibility index (Phi) is 4.49. The number of hydrogen-bond acceptors (Lipinski definition) is 2. The van der Waals surface area contributed by atoms with E-state index in [1.54, 1.807) is 0 Å². The van der Waals surface area contributed by atoms with Crippen molar-refractivity contribution >= 4 is 17.5 Å². The average Bonchev–Trinajstić information content (AvgIpc) is 3.01. The zero-order valence-corrected chi connectivity index (χ0v) is 15.1. The lowest BCUT2D eigenvalue weighted by Crippen LogP contribution is -2.34. The standard InChI is InChI=1S/C22H24N2O2/c1-15-5-2-3-8-19(15)22(26)24-12-11-17-10-9-16(13-20(17)24)14-23-21(25)18-6-4-7-18/h2-3,5,8-10,13,18H,4,6-7,11-12,14H2,1H3,(H,23,25). The molecule has 2 aromatic rings. The number of carbonyl (C=O) groups excluding carboxylic acids is 2. The number of amides is 2. The third kappa shape index (κ3) is 3.12. The molecule has 0 aromatic heterocycles. The third-order valence-electron chi connectivity index (χ3n) is 5.61. The van der Waals surface area contributed by atoms with Gasteiger partial charge in [0.25, 0.3) is 5.91 Å². The molecule has 0 saturated heterocycles. The zero-order chi connectivity index (χ0) is 18.1. The normalized spacial score (nSPS) is 16.1. The van der Waals surface area contributed by atoms with Crippen molar-refractivity contribution in [2.24, 2.45) is 5.92 Å². The number of rotatable bonds is 4. The maximum Gasteiger partial charge on any atom is 0.258 e. The van der Waals surface area contributed by atoms with E-state index < -0.39 is 0 Å². The van der Waals surface area contributed by atoms with E-state index in [1.165, 1.54) is 5.56 Å². The molecular weight excluding hydrogens is 324 g/mol. The summed E-state index contributed by atoms with van der Waals surface area (Å²) in [6.45, 7) is 3.20. The van der Waals surface area contributed by atoms with Crippen LogP contribution in [-0.4, -0.2) is 18.4 Å². The molecule has 0 atom stereocenters. The van der Waals surface area contributed by atoms with Crippen molar-refractivity contribution in [2.75, 3.05) is 11.4 Å². The largest absolute Gasteiger partial charge is 0.352 e. The summed E-state index contributed by atoms with van der Waals surface area (Å²) in [5.74, 6) is 0.408. The second kappa shape index (κ2) is 6.94. The maximum absolute atomic E-state index is 13.0. The van der Waals surface area contributed by atoms with Crippen molar-refractivity contribution < 1.29 is 9.59 Å². The molecule has 4 rings (SSSR count). The molecule has 2 aliphatic rings. The molecule has 4 nitrogen and oxygen atoms in total. The SMILES string of the molecule is Cc1ccccc1C(=O)N1CCc2ccc(CNC(=O)C3CCC3)cc21. The fourth-order valence-corrected chi connectivity index (χ4v) is 3.71. The van der Waals surface area contributed by atoms with Crippen molar-refractivity contribution in [1.29, 1.82) is 0 Å². The average molecular weight is 348 g/mol. The predicted octanol–water partition coefficient (Wildman–Crippen LogP) is 3.61. The van der Waals surface area contributed by atoms with Crippen molar-refractivity contribution in [3.63, 3.8) is 0 Å². The molecular formula is C22H24N2O2. The molecule has 26 heavy (non-hydrogen) atoms. The molecule has 1 aliphatic heterocycles. The number of benzene rings is 2. The zero-order valence-electron chi connectivity index (χ0n) is 15.1. The summed E-state index contributed by atoms with van der Waals surface area (Å²) in [4.78, 5) is 26.9. The molecule has 1 fully saturated rings. The van der Waals surface area contributed by atoms with Crippen molar-refractivity contribution in [3.05, 3.63) is 64.7 Å². The van der Waals surface area contributed by atoms with Gasteiger partial charge < -0.3 is 10.2 Å². The minimum absolute atomic E-state index is 0.0532. The van der Waals surface area contributed by atoms with E-state index in [-0.39, 0.29) is 17.7 Å². The van der Waals surface area contributed by atoms with Crippen LogP contribution in [0.1, 0.15) is 46.3 Å². The van der Waals surface area contributed by atoms with E-state index in [4.69, 9.17) is 0 Å². The summed E-state index contributed by atoms with van der Waals surface area (Å²) < 4.78 is 0. The van der Waals surface area contributed by atoms with E-state index in [2.05, 4.69) is 23.5 Å². The second-order valence-electron chi connectivity index (χ2n) is 7.33. The van der Waals surface area contributed by atoms with E-state index in [0.717, 1.165) is 48.1 Å². The highest BCUT2D eigenvalue weighted by Crippen LogP contribution is 2.31. The molecule has 0 radical (unpaired) electrons. The van der Waals surface area contributed by atoms with Crippen LogP contribution in [-0.2, 0) is 17.8 Å². The van der Waals surface area contributed by atoms with Crippen LogP contribution in [0.5, 0.6) is 0 Å². The van der Waals surface area contributed by atoms with E-state index in [1.807, 2.05) is 36.1 Å². The number of aryl methyl sites for hydroxylation is 1. The summed E-state index contributed by atoms with van der Waals surface area (Å²) in [7, 11) is 0. The summed E-state index contributed by atoms with van der Waals surface area (Å²) in [6, 6.07) is 13.9. The van der Waals surface area contributed by atoms with Gasteiger partial charge in [-0.1, -0.05) is 36.8 Å². The third-order valence-corrected chi connectivity index (χ3v) is 5.61. The van der Waals surface area contributed by atoms with Crippen molar-refractivity contribution in [1.82, 2.24) is 5.32 Å². The molecule has 134 valence electrons.